The van der Waals surface area contributed by atoms with Gasteiger partial charge in [-0.05, 0) is 50.6 Å². The molecule has 1 aromatic heterocycles. The molecule has 0 saturated heterocycles. The van der Waals surface area contributed by atoms with Crippen molar-refractivity contribution < 1.29 is 0 Å². The predicted octanol–water partition coefficient (Wildman–Crippen LogP) is 3.77. The Morgan fingerprint density at radius 2 is 2.26 bits per heavy atom. The topological polar surface area (TPSA) is 29.9 Å². The van der Waals surface area contributed by atoms with Gasteiger partial charge in [0.15, 0.2) is 0 Å². The number of nitrogens with zero attached hydrogens (tertiary/aromatic N) is 2. The third kappa shape index (κ3) is 3.59. The van der Waals surface area contributed by atoms with Crippen molar-refractivity contribution in [1.29, 1.82) is 0 Å². The SMILES string of the molecule is CCCNC(c1ccnn1CC)C1CCCC(C)C1. The Balaban J connectivity index is 2.15. The lowest BCUT2D eigenvalue weighted by molar-refractivity contribution is 0.217. The fourth-order valence-electron chi connectivity index (χ4n) is 3.47. The maximum atomic E-state index is 4.45. The summed E-state index contributed by atoms with van der Waals surface area (Å²) in [6.45, 7) is 8.89. The van der Waals surface area contributed by atoms with Crippen molar-refractivity contribution >= 4 is 0 Å². The van der Waals surface area contributed by atoms with Gasteiger partial charge in [-0.3, -0.25) is 4.68 Å². The van der Waals surface area contributed by atoms with E-state index >= 15 is 0 Å². The summed E-state index contributed by atoms with van der Waals surface area (Å²) in [6.07, 6.45) is 8.65. The number of hydrogen-bond donors (Lipinski definition) is 1. The van der Waals surface area contributed by atoms with E-state index in [0.29, 0.717) is 6.04 Å². The second kappa shape index (κ2) is 7.09. The second-order valence-corrected chi connectivity index (χ2v) is 6.04. The minimum Gasteiger partial charge on any atom is -0.308 e. The Labute approximate surface area is 117 Å². The lowest BCUT2D eigenvalue weighted by atomic mass is 9.77. The zero-order valence-corrected chi connectivity index (χ0v) is 12.7. The molecule has 1 heterocycles. The van der Waals surface area contributed by atoms with Crippen molar-refractivity contribution in [1.82, 2.24) is 15.1 Å². The predicted molar refractivity (Wildman–Crippen MR) is 80.1 cm³/mol. The Hall–Kier alpha value is -0.830. The second-order valence-electron chi connectivity index (χ2n) is 6.04. The van der Waals surface area contributed by atoms with Crippen LogP contribution >= 0.6 is 0 Å². The molecule has 1 aromatic rings. The number of hydrogen-bond acceptors (Lipinski definition) is 2. The molecule has 19 heavy (non-hydrogen) atoms. The van der Waals surface area contributed by atoms with Crippen LogP contribution < -0.4 is 5.32 Å². The smallest absolute Gasteiger partial charge is 0.0556 e. The molecule has 1 saturated carbocycles. The van der Waals surface area contributed by atoms with Crippen LogP contribution in [0.5, 0.6) is 0 Å². The van der Waals surface area contributed by atoms with Gasteiger partial charge in [-0.2, -0.15) is 5.10 Å². The van der Waals surface area contributed by atoms with E-state index in [4.69, 9.17) is 0 Å². The molecular weight excluding hydrogens is 234 g/mol. The van der Waals surface area contributed by atoms with Crippen molar-refractivity contribution in [2.45, 2.75) is 65.5 Å². The minimum absolute atomic E-state index is 0.491. The Kier molecular flexibility index (Phi) is 5.44. The van der Waals surface area contributed by atoms with Crippen molar-refractivity contribution in [3.05, 3.63) is 18.0 Å². The summed E-state index contributed by atoms with van der Waals surface area (Å²) < 4.78 is 2.16. The summed E-state index contributed by atoms with van der Waals surface area (Å²) in [4.78, 5) is 0. The van der Waals surface area contributed by atoms with Crippen LogP contribution in [0.25, 0.3) is 0 Å². The van der Waals surface area contributed by atoms with Gasteiger partial charge < -0.3 is 5.32 Å². The van der Waals surface area contributed by atoms with Gasteiger partial charge in [0.05, 0.1) is 11.7 Å². The van der Waals surface area contributed by atoms with Gasteiger partial charge in [0, 0.05) is 12.7 Å². The highest BCUT2D eigenvalue weighted by Crippen LogP contribution is 2.37. The van der Waals surface area contributed by atoms with Crippen molar-refractivity contribution in [2.75, 3.05) is 6.54 Å². The molecule has 2 rings (SSSR count). The lowest BCUT2D eigenvalue weighted by Crippen LogP contribution is -2.33. The first-order valence-corrected chi connectivity index (χ1v) is 8.01. The monoisotopic (exact) mass is 263 g/mol. The summed E-state index contributed by atoms with van der Waals surface area (Å²) in [5.74, 6) is 1.65. The molecule has 0 radical (unpaired) electrons. The molecule has 1 fully saturated rings. The summed E-state index contributed by atoms with van der Waals surface area (Å²) in [5, 5.41) is 8.23. The zero-order valence-electron chi connectivity index (χ0n) is 12.7. The molecule has 1 aliphatic carbocycles. The van der Waals surface area contributed by atoms with E-state index in [2.05, 4.69) is 41.9 Å². The van der Waals surface area contributed by atoms with Gasteiger partial charge >= 0.3 is 0 Å². The minimum atomic E-state index is 0.491. The number of rotatable bonds is 6. The van der Waals surface area contributed by atoms with Crippen molar-refractivity contribution in [3.63, 3.8) is 0 Å². The molecule has 108 valence electrons. The third-order valence-corrected chi connectivity index (χ3v) is 4.43. The molecular formula is C16H29N3. The Bertz CT molecular complexity index is 372. The number of aromatic nitrogens is 2. The van der Waals surface area contributed by atoms with Crippen LogP contribution in [0.4, 0.5) is 0 Å². The zero-order chi connectivity index (χ0) is 13.7. The average Bonchev–Trinajstić information content (AvgIpc) is 2.88. The summed E-state index contributed by atoms with van der Waals surface area (Å²) in [5.41, 5.74) is 1.38. The van der Waals surface area contributed by atoms with E-state index in [1.54, 1.807) is 0 Å². The molecule has 3 unspecified atom stereocenters. The van der Waals surface area contributed by atoms with Gasteiger partial charge in [0.2, 0.25) is 0 Å². The highest BCUT2D eigenvalue weighted by Gasteiger charge is 2.29. The molecule has 1 aliphatic rings. The fourth-order valence-corrected chi connectivity index (χ4v) is 3.47. The van der Waals surface area contributed by atoms with E-state index in [-0.39, 0.29) is 0 Å². The molecule has 0 bridgehead atoms. The van der Waals surface area contributed by atoms with Gasteiger partial charge in [-0.25, -0.2) is 0 Å². The number of aryl methyl sites for hydroxylation is 1. The van der Waals surface area contributed by atoms with Crippen LogP contribution in [-0.2, 0) is 6.54 Å². The van der Waals surface area contributed by atoms with Crippen molar-refractivity contribution in [3.8, 4) is 0 Å². The van der Waals surface area contributed by atoms with Crippen LogP contribution in [0.2, 0.25) is 0 Å². The highest BCUT2D eigenvalue weighted by molar-refractivity contribution is 5.09. The molecule has 3 heteroatoms. The fraction of sp³-hybridized carbons (Fsp3) is 0.812. The van der Waals surface area contributed by atoms with Gasteiger partial charge in [0.25, 0.3) is 0 Å². The average molecular weight is 263 g/mol. The van der Waals surface area contributed by atoms with Crippen LogP contribution in [0, 0.1) is 11.8 Å². The molecule has 1 N–H and O–H groups in total. The van der Waals surface area contributed by atoms with Crippen LogP contribution in [0.3, 0.4) is 0 Å². The van der Waals surface area contributed by atoms with E-state index in [1.807, 2.05) is 6.20 Å². The third-order valence-electron chi connectivity index (χ3n) is 4.43. The first-order valence-electron chi connectivity index (χ1n) is 8.01. The largest absolute Gasteiger partial charge is 0.308 e. The highest BCUT2D eigenvalue weighted by atomic mass is 15.3. The summed E-state index contributed by atoms with van der Waals surface area (Å²) in [6, 6.07) is 2.70. The molecule has 3 atom stereocenters. The first kappa shape index (κ1) is 14.6. The van der Waals surface area contributed by atoms with E-state index in [0.717, 1.165) is 24.9 Å². The van der Waals surface area contributed by atoms with E-state index in [1.165, 1.54) is 37.8 Å². The summed E-state index contributed by atoms with van der Waals surface area (Å²) in [7, 11) is 0. The Morgan fingerprint density at radius 3 is 2.95 bits per heavy atom. The molecule has 0 aromatic carbocycles. The molecule has 0 amide bonds. The van der Waals surface area contributed by atoms with E-state index < -0.39 is 0 Å². The van der Waals surface area contributed by atoms with Gasteiger partial charge in [0.1, 0.15) is 0 Å². The molecule has 0 spiro atoms. The lowest BCUT2D eigenvalue weighted by Gasteiger charge is -2.34. The van der Waals surface area contributed by atoms with Gasteiger partial charge in [-0.1, -0.05) is 26.7 Å². The quantitative estimate of drug-likeness (QED) is 0.846. The first-order chi connectivity index (χ1) is 9.26. The van der Waals surface area contributed by atoms with Crippen molar-refractivity contribution in [2.24, 2.45) is 11.8 Å². The molecule has 3 nitrogen and oxygen atoms in total. The Morgan fingerprint density at radius 1 is 1.42 bits per heavy atom. The maximum Gasteiger partial charge on any atom is 0.0556 e. The maximum absolute atomic E-state index is 4.45. The van der Waals surface area contributed by atoms with E-state index in [9.17, 15) is 0 Å². The summed E-state index contributed by atoms with van der Waals surface area (Å²) >= 11 is 0. The van der Waals surface area contributed by atoms with Crippen LogP contribution in [0.1, 0.15) is 64.6 Å². The van der Waals surface area contributed by atoms with Gasteiger partial charge in [-0.15, -0.1) is 0 Å². The normalized spacial score (nSPS) is 25.4. The number of nitrogens with one attached hydrogen (secondary N) is 1. The molecule has 0 aliphatic heterocycles. The van der Waals surface area contributed by atoms with Crippen LogP contribution in [-0.4, -0.2) is 16.3 Å². The standard InChI is InChI=1S/C16H29N3/c1-4-10-17-16(14-8-6-7-13(3)12-14)15-9-11-18-19(15)5-2/h9,11,13-14,16-17H,4-8,10,12H2,1-3H3. The van der Waals surface area contributed by atoms with Crippen LogP contribution in [0.15, 0.2) is 12.3 Å².